The minimum absolute atomic E-state index is 0.154. The summed E-state index contributed by atoms with van der Waals surface area (Å²) in [6.07, 6.45) is 3.56. The summed E-state index contributed by atoms with van der Waals surface area (Å²) in [5, 5.41) is 13.1. The van der Waals surface area contributed by atoms with E-state index >= 15 is 0 Å². The molecular weight excluding hydrogens is 318 g/mol. The number of hydrogen-bond donors (Lipinski definition) is 0. The van der Waals surface area contributed by atoms with Gasteiger partial charge in [-0.1, -0.05) is 24.3 Å². The summed E-state index contributed by atoms with van der Waals surface area (Å²) < 4.78 is 12.3. The number of benzene rings is 2. The van der Waals surface area contributed by atoms with E-state index < -0.39 is 5.97 Å². The second-order valence-corrected chi connectivity index (χ2v) is 5.17. The summed E-state index contributed by atoms with van der Waals surface area (Å²) in [6, 6.07) is 18.1. The number of ether oxygens (including phenoxy) is 2. The van der Waals surface area contributed by atoms with Gasteiger partial charge in [-0.05, 0) is 35.9 Å². The summed E-state index contributed by atoms with van der Waals surface area (Å²) >= 11 is 0. The summed E-state index contributed by atoms with van der Waals surface area (Å²) in [5.74, 6) is -0.130. The molecule has 0 amide bonds. The van der Waals surface area contributed by atoms with E-state index in [1.54, 1.807) is 35.1 Å². The van der Waals surface area contributed by atoms with E-state index in [4.69, 9.17) is 14.7 Å². The number of carbonyl (C=O) groups is 1. The molecule has 25 heavy (non-hydrogen) atoms. The Labute approximate surface area is 144 Å². The molecule has 2 aromatic carbocycles. The van der Waals surface area contributed by atoms with Gasteiger partial charge < -0.3 is 9.47 Å². The molecule has 3 aromatic rings. The Kier molecular flexibility index (Phi) is 5.07. The molecule has 124 valence electrons. The molecule has 0 aliphatic heterocycles. The van der Waals surface area contributed by atoms with Crippen LogP contribution in [0, 0.1) is 11.3 Å². The molecular formula is C19H15N3O3. The Morgan fingerprint density at radius 2 is 1.92 bits per heavy atom. The molecule has 1 aromatic heterocycles. The second kappa shape index (κ2) is 7.79. The molecule has 0 N–H and O–H groups in total. The molecule has 0 saturated carbocycles. The lowest BCUT2D eigenvalue weighted by molar-refractivity contribution is -0.147. The van der Waals surface area contributed by atoms with Gasteiger partial charge in [-0.15, -0.1) is 0 Å². The van der Waals surface area contributed by atoms with E-state index in [2.05, 4.69) is 5.10 Å². The van der Waals surface area contributed by atoms with Crippen molar-refractivity contribution < 1.29 is 14.3 Å². The van der Waals surface area contributed by atoms with Gasteiger partial charge in [0.1, 0.15) is 18.4 Å². The minimum Gasteiger partial charge on any atom is -0.481 e. The van der Waals surface area contributed by atoms with Crippen LogP contribution in [0.5, 0.6) is 5.75 Å². The number of para-hydroxylation sites is 1. The van der Waals surface area contributed by atoms with Crippen molar-refractivity contribution in [3.8, 4) is 17.5 Å². The molecule has 0 atom stereocenters. The highest BCUT2D eigenvalue weighted by Gasteiger charge is 2.08. The first-order valence-electron chi connectivity index (χ1n) is 7.63. The lowest BCUT2D eigenvalue weighted by atomic mass is 10.2. The van der Waals surface area contributed by atoms with Crippen LogP contribution in [0.15, 0.2) is 67.0 Å². The fourth-order valence-corrected chi connectivity index (χ4v) is 2.19. The molecule has 0 bridgehead atoms. The van der Waals surface area contributed by atoms with Crippen LogP contribution in [-0.2, 0) is 16.1 Å². The molecule has 0 aliphatic rings. The predicted octanol–water partition coefficient (Wildman–Crippen LogP) is 2.87. The fourth-order valence-electron chi connectivity index (χ4n) is 2.19. The SMILES string of the molecule is N#Cc1ccccc1OCC(=O)OCc1ccc(-n2cccn2)cc1. The number of nitrogens with zero attached hydrogens (tertiary/aromatic N) is 3. The Hall–Kier alpha value is -3.59. The van der Waals surface area contributed by atoms with Crippen LogP contribution >= 0.6 is 0 Å². The first kappa shape index (κ1) is 16.3. The van der Waals surface area contributed by atoms with Crippen molar-refractivity contribution in [2.45, 2.75) is 6.61 Å². The van der Waals surface area contributed by atoms with E-state index in [1.807, 2.05) is 42.6 Å². The summed E-state index contributed by atoms with van der Waals surface area (Å²) in [7, 11) is 0. The highest BCUT2D eigenvalue weighted by atomic mass is 16.6. The number of rotatable bonds is 6. The van der Waals surface area contributed by atoms with E-state index in [1.165, 1.54) is 0 Å². The van der Waals surface area contributed by atoms with Gasteiger partial charge in [0.05, 0.1) is 11.3 Å². The molecule has 1 heterocycles. The van der Waals surface area contributed by atoms with Gasteiger partial charge in [-0.3, -0.25) is 0 Å². The number of aromatic nitrogens is 2. The topological polar surface area (TPSA) is 77.1 Å². The maximum absolute atomic E-state index is 11.8. The zero-order chi connectivity index (χ0) is 17.5. The van der Waals surface area contributed by atoms with E-state index in [9.17, 15) is 4.79 Å². The Bertz CT molecular complexity index is 881. The van der Waals surface area contributed by atoms with Crippen molar-refractivity contribution in [3.63, 3.8) is 0 Å². The maximum atomic E-state index is 11.8. The zero-order valence-corrected chi connectivity index (χ0v) is 13.3. The molecule has 0 spiro atoms. The van der Waals surface area contributed by atoms with Gasteiger partial charge in [0.2, 0.25) is 0 Å². The maximum Gasteiger partial charge on any atom is 0.344 e. The zero-order valence-electron chi connectivity index (χ0n) is 13.3. The lowest BCUT2D eigenvalue weighted by Gasteiger charge is -2.08. The second-order valence-electron chi connectivity index (χ2n) is 5.17. The molecule has 6 nitrogen and oxygen atoms in total. The van der Waals surface area contributed by atoms with Gasteiger partial charge in [0.25, 0.3) is 0 Å². The first-order valence-corrected chi connectivity index (χ1v) is 7.63. The van der Waals surface area contributed by atoms with E-state index in [0.29, 0.717) is 11.3 Å². The summed E-state index contributed by atoms with van der Waals surface area (Å²) in [5.41, 5.74) is 2.17. The number of carbonyl (C=O) groups excluding carboxylic acids is 1. The molecule has 0 radical (unpaired) electrons. The van der Waals surface area contributed by atoms with Crippen LogP contribution in [0.2, 0.25) is 0 Å². The molecule has 0 aliphatic carbocycles. The van der Waals surface area contributed by atoms with Gasteiger partial charge in [0.15, 0.2) is 6.61 Å². The lowest BCUT2D eigenvalue weighted by Crippen LogP contribution is -2.15. The third-order valence-corrected chi connectivity index (χ3v) is 3.46. The van der Waals surface area contributed by atoms with Crippen molar-refractivity contribution >= 4 is 5.97 Å². The highest BCUT2D eigenvalue weighted by molar-refractivity contribution is 5.71. The highest BCUT2D eigenvalue weighted by Crippen LogP contribution is 2.16. The average molecular weight is 333 g/mol. The summed E-state index contributed by atoms with van der Waals surface area (Å²) in [4.78, 5) is 11.8. The quantitative estimate of drug-likeness (QED) is 0.648. The molecule has 0 fully saturated rings. The van der Waals surface area contributed by atoms with Crippen molar-refractivity contribution in [2.75, 3.05) is 6.61 Å². The van der Waals surface area contributed by atoms with Crippen LogP contribution < -0.4 is 4.74 Å². The molecule has 0 saturated heterocycles. The monoisotopic (exact) mass is 333 g/mol. The molecule has 0 unspecified atom stereocenters. The summed E-state index contributed by atoms with van der Waals surface area (Å²) in [6.45, 7) is -0.0917. The number of hydrogen-bond acceptors (Lipinski definition) is 5. The van der Waals surface area contributed by atoms with Crippen LogP contribution in [-0.4, -0.2) is 22.4 Å². The predicted molar refractivity (Wildman–Crippen MR) is 90.0 cm³/mol. The van der Waals surface area contributed by atoms with Gasteiger partial charge >= 0.3 is 5.97 Å². The molecule has 3 rings (SSSR count). The largest absolute Gasteiger partial charge is 0.481 e. The Morgan fingerprint density at radius 1 is 1.12 bits per heavy atom. The van der Waals surface area contributed by atoms with Crippen LogP contribution in [0.25, 0.3) is 5.69 Å². The minimum atomic E-state index is -0.496. The normalized spacial score (nSPS) is 10.0. The smallest absolute Gasteiger partial charge is 0.344 e. The van der Waals surface area contributed by atoms with Crippen LogP contribution in [0.4, 0.5) is 0 Å². The van der Waals surface area contributed by atoms with Gasteiger partial charge in [0, 0.05) is 12.4 Å². The number of nitriles is 1. The third kappa shape index (κ3) is 4.24. The van der Waals surface area contributed by atoms with Gasteiger partial charge in [-0.2, -0.15) is 10.4 Å². The van der Waals surface area contributed by atoms with Crippen molar-refractivity contribution in [1.29, 1.82) is 5.26 Å². The Morgan fingerprint density at radius 3 is 2.64 bits per heavy atom. The van der Waals surface area contributed by atoms with Gasteiger partial charge in [-0.25, -0.2) is 9.48 Å². The van der Waals surface area contributed by atoms with E-state index in [-0.39, 0.29) is 13.2 Å². The third-order valence-electron chi connectivity index (χ3n) is 3.46. The van der Waals surface area contributed by atoms with Crippen LogP contribution in [0.1, 0.15) is 11.1 Å². The Balaban J connectivity index is 1.50. The number of esters is 1. The first-order chi connectivity index (χ1) is 12.3. The fraction of sp³-hybridized carbons (Fsp3) is 0.105. The van der Waals surface area contributed by atoms with E-state index in [0.717, 1.165) is 11.3 Å². The van der Waals surface area contributed by atoms with Crippen molar-refractivity contribution in [3.05, 3.63) is 78.1 Å². The standard InChI is InChI=1S/C19H15N3O3/c20-12-16-4-1-2-5-18(16)24-14-19(23)25-13-15-6-8-17(9-7-15)22-11-3-10-21-22/h1-11H,13-14H2. The average Bonchev–Trinajstić information content (AvgIpc) is 3.20. The molecule has 6 heteroatoms. The van der Waals surface area contributed by atoms with Crippen molar-refractivity contribution in [1.82, 2.24) is 9.78 Å². The van der Waals surface area contributed by atoms with Crippen molar-refractivity contribution in [2.24, 2.45) is 0 Å². The van der Waals surface area contributed by atoms with Crippen LogP contribution in [0.3, 0.4) is 0 Å².